The van der Waals surface area contributed by atoms with Gasteiger partial charge in [-0.3, -0.25) is 4.79 Å². The number of rotatable bonds is 10. The molecule has 154 valence electrons. The Morgan fingerprint density at radius 2 is 2.03 bits per heavy atom. The fraction of sp³-hybridized carbons (Fsp3) is 0.429. The van der Waals surface area contributed by atoms with Gasteiger partial charge >= 0.3 is 0 Å². The van der Waals surface area contributed by atoms with Gasteiger partial charge in [0.1, 0.15) is 5.82 Å². The standard InChI is InChI=1S/C21H28N6OS/c1-4-9-22-18-17-14-24-27(19(17)26-21(25-18)29-12-5-2)11-10-23-20(28)16-8-6-7-15(3)13-16/h6-8,13-14H,4-5,9-12H2,1-3H3,(H,23,28)(H,22,25,26). The van der Waals surface area contributed by atoms with Crippen LogP contribution in [0.3, 0.4) is 0 Å². The van der Waals surface area contributed by atoms with Crippen molar-refractivity contribution in [1.29, 1.82) is 0 Å². The van der Waals surface area contributed by atoms with E-state index in [0.29, 0.717) is 18.7 Å². The number of fused-ring (bicyclic) bond motifs is 1. The highest BCUT2D eigenvalue weighted by molar-refractivity contribution is 7.99. The van der Waals surface area contributed by atoms with E-state index in [1.807, 2.05) is 35.9 Å². The van der Waals surface area contributed by atoms with E-state index in [-0.39, 0.29) is 5.91 Å². The molecule has 2 aromatic heterocycles. The normalized spacial score (nSPS) is 11.0. The Balaban J connectivity index is 1.73. The Morgan fingerprint density at radius 1 is 1.17 bits per heavy atom. The first-order valence-electron chi connectivity index (χ1n) is 10.1. The van der Waals surface area contributed by atoms with Gasteiger partial charge in [-0.25, -0.2) is 14.6 Å². The molecule has 8 heteroatoms. The van der Waals surface area contributed by atoms with Crippen LogP contribution in [0.15, 0.2) is 35.6 Å². The van der Waals surface area contributed by atoms with Gasteiger partial charge in [0.25, 0.3) is 5.91 Å². The minimum absolute atomic E-state index is 0.0794. The maximum atomic E-state index is 12.4. The highest BCUT2D eigenvalue weighted by Gasteiger charge is 2.13. The minimum atomic E-state index is -0.0794. The molecule has 0 fully saturated rings. The second-order valence-corrected chi connectivity index (χ2v) is 7.92. The fourth-order valence-electron chi connectivity index (χ4n) is 2.90. The van der Waals surface area contributed by atoms with Gasteiger partial charge in [-0.15, -0.1) is 0 Å². The van der Waals surface area contributed by atoms with E-state index < -0.39 is 0 Å². The number of aryl methyl sites for hydroxylation is 1. The average Bonchev–Trinajstić information content (AvgIpc) is 3.13. The fourth-order valence-corrected chi connectivity index (χ4v) is 3.59. The number of anilines is 1. The lowest BCUT2D eigenvalue weighted by Gasteiger charge is -2.09. The van der Waals surface area contributed by atoms with Crippen LogP contribution in [0.2, 0.25) is 0 Å². The summed E-state index contributed by atoms with van der Waals surface area (Å²) in [6.07, 6.45) is 3.88. The molecule has 0 saturated carbocycles. The van der Waals surface area contributed by atoms with Crippen molar-refractivity contribution >= 4 is 34.5 Å². The molecular formula is C21H28N6OS. The highest BCUT2D eigenvalue weighted by atomic mass is 32.2. The van der Waals surface area contributed by atoms with Crippen LogP contribution in [0, 0.1) is 6.92 Å². The largest absolute Gasteiger partial charge is 0.369 e. The van der Waals surface area contributed by atoms with Crippen molar-refractivity contribution in [3.63, 3.8) is 0 Å². The molecule has 1 aromatic carbocycles. The van der Waals surface area contributed by atoms with E-state index in [0.717, 1.165) is 52.7 Å². The van der Waals surface area contributed by atoms with Crippen molar-refractivity contribution in [2.24, 2.45) is 0 Å². The summed E-state index contributed by atoms with van der Waals surface area (Å²) >= 11 is 1.65. The number of thioether (sulfide) groups is 1. The Bertz CT molecular complexity index is 971. The van der Waals surface area contributed by atoms with Crippen molar-refractivity contribution in [3.8, 4) is 0 Å². The molecule has 7 nitrogen and oxygen atoms in total. The summed E-state index contributed by atoms with van der Waals surface area (Å²) in [6.45, 7) is 8.11. The third-order valence-corrected chi connectivity index (χ3v) is 5.40. The maximum Gasteiger partial charge on any atom is 0.251 e. The number of carbonyl (C=O) groups is 1. The van der Waals surface area contributed by atoms with Crippen LogP contribution in [-0.2, 0) is 6.54 Å². The molecule has 0 spiro atoms. The van der Waals surface area contributed by atoms with Gasteiger partial charge in [0, 0.05) is 24.4 Å². The summed E-state index contributed by atoms with van der Waals surface area (Å²) in [6, 6.07) is 7.57. The molecule has 3 aromatic rings. The number of amides is 1. The molecule has 0 radical (unpaired) electrons. The molecule has 0 aliphatic rings. The lowest BCUT2D eigenvalue weighted by Crippen LogP contribution is -2.27. The van der Waals surface area contributed by atoms with E-state index in [2.05, 4.69) is 34.6 Å². The number of hydrogen-bond donors (Lipinski definition) is 2. The zero-order valence-electron chi connectivity index (χ0n) is 17.2. The van der Waals surface area contributed by atoms with Crippen LogP contribution in [0.1, 0.15) is 42.6 Å². The Morgan fingerprint density at radius 3 is 2.79 bits per heavy atom. The van der Waals surface area contributed by atoms with E-state index in [4.69, 9.17) is 4.98 Å². The lowest BCUT2D eigenvalue weighted by atomic mass is 10.1. The summed E-state index contributed by atoms with van der Waals surface area (Å²) in [4.78, 5) is 21.7. The first-order chi connectivity index (χ1) is 14.1. The van der Waals surface area contributed by atoms with Gasteiger partial charge in [-0.1, -0.05) is 43.3 Å². The smallest absolute Gasteiger partial charge is 0.251 e. The number of nitrogens with zero attached hydrogens (tertiary/aromatic N) is 4. The molecule has 3 rings (SSSR count). The van der Waals surface area contributed by atoms with Crippen LogP contribution in [0.4, 0.5) is 5.82 Å². The highest BCUT2D eigenvalue weighted by Crippen LogP contribution is 2.24. The predicted molar refractivity (Wildman–Crippen MR) is 119 cm³/mol. The van der Waals surface area contributed by atoms with Crippen LogP contribution in [0.25, 0.3) is 11.0 Å². The molecule has 0 saturated heterocycles. The molecule has 0 unspecified atom stereocenters. The Kier molecular flexibility index (Phi) is 7.46. The quantitative estimate of drug-likeness (QED) is 0.388. The number of benzene rings is 1. The first kappa shape index (κ1) is 21.1. The van der Waals surface area contributed by atoms with Gasteiger partial charge in [0.05, 0.1) is 18.1 Å². The van der Waals surface area contributed by atoms with Crippen molar-refractivity contribution in [1.82, 2.24) is 25.1 Å². The summed E-state index contributed by atoms with van der Waals surface area (Å²) in [7, 11) is 0. The molecule has 0 bridgehead atoms. The third-order valence-electron chi connectivity index (χ3n) is 4.34. The SMILES string of the molecule is CCCNc1nc(SCCC)nc2c1cnn2CCNC(=O)c1cccc(C)c1. The van der Waals surface area contributed by atoms with Crippen LogP contribution >= 0.6 is 11.8 Å². The zero-order chi connectivity index (χ0) is 20.6. The molecule has 2 N–H and O–H groups in total. The van der Waals surface area contributed by atoms with Crippen molar-refractivity contribution in [2.45, 2.75) is 45.3 Å². The molecule has 29 heavy (non-hydrogen) atoms. The number of hydrogen-bond acceptors (Lipinski definition) is 6. The van der Waals surface area contributed by atoms with Crippen molar-refractivity contribution in [3.05, 3.63) is 41.6 Å². The number of carbonyl (C=O) groups excluding carboxylic acids is 1. The molecular weight excluding hydrogens is 384 g/mol. The van der Waals surface area contributed by atoms with Gasteiger partial charge in [0.2, 0.25) is 0 Å². The van der Waals surface area contributed by atoms with Gasteiger partial charge in [-0.2, -0.15) is 5.10 Å². The minimum Gasteiger partial charge on any atom is -0.369 e. The average molecular weight is 413 g/mol. The summed E-state index contributed by atoms with van der Waals surface area (Å²) < 4.78 is 1.83. The summed E-state index contributed by atoms with van der Waals surface area (Å²) in [5.41, 5.74) is 2.53. The molecule has 0 aliphatic carbocycles. The first-order valence-corrected chi connectivity index (χ1v) is 11.1. The van der Waals surface area contributed by atoms with Crippen LogP contribution < -0.4 is 10.6 Å². The lowest BCUT2D eigenvalue weighted by molar-refractivity contribution is 0.0952. The monoisotopic (exact) mass is 412 g/mol. The van der Waals surface area contributed by atoms with Gasteiger partial charge < -0.3 is 10.6 Å². The van der Waals surface area contributed by atoms with Crippen LogP contribution in [-0.4, -0.2) is 44.5 Å². The van der Waals surface area contributed by atoms with E-state index in [1.165, 1.54) is 0 Å². The number of nitrogens with one attached hydrogen (secondary N) is 2. The number of aromatic nitrogens is 4. The summed E-state index contributed by atoms with van der Waals surface area (Å²) in [5.74, 6) is 1.72. The molecule has 0 atom stereocenters. The second kappa shape index (κ2) is 10.2. The van der Waals surface area contributed by atoms with Crippen molar-refractivity contribution in [2.75, 3.05) is 24.2 Å². The van der Waals surface area contributed by atoms with Gasteiger partial charge in [-0.05, 0) is 31.9 Å². The van der Waals surface area contributed by atoms with Gasteiger partial charge in [0.15, 0.2) is 10.8 Å². The predicted octanol–water partition coefficient (Wildman–Crippen LogP) is 3.89. The third kappa shape index (κ3) is 5.47. The Hall–Kier alpha value is -2.61. The molecule has 0 aliphatic heterocycles. The Labute approximate surface area is 175 Å². The summed E-state index contributed by atoms with van der Waals surface area (Å²) in [5, 5.41) is 12.5. The van der Waals surface area contributed by atoms with E-state index in [1.54, 1.807) is 18.0 Å². The molecule has 2 heterocycles. The van der Waals surface area contributed by atoms with E-state index in [9.17, 15) is 4.79 Å². The second-order valence-electron chi connectivity index (χ2n) is 6.86. The van der Waals surface area contributed by atoms with Crippen LogP contribution in [0.5, 0.6) is 0 Å². The zero-order valence-corrected chi connectivity index (χ0v) is 18.1. The maximum absolute atomic E-state index is 12.4. The molecule has 1 amide bonds. The van der Waals surface area contributed by atoms with Crippen molar-refractivity contribution < 1.29 is 4.79 Å². The van der Waals surface area contributed by atoms with E-state index >= 15 is 0 Å². The topological polar surface area (TPSA) is 84.7 Å².